The lowest BCUT2D eigenvalue weighted by Gasteiger charge is -2.24. The van der Waals surface area contributed by atoms with Gasteiger partial charge in [-0.2, -0.15) is 13.2 Å². The second-order valence-electron chi connectivity index (χ2n) is 9.49. The van der Waals surface area contributed by atoms with Crippen LogP contribution in [0.1, 0.15) is 32.0 Å². The van der Waals surface area contributed by atoms with Gasteiger partial charge in [-0.15, -0.1) is 0 Å². The number of hydrogen-bond donors (Lipinski definition) is 2. The molecule has 0 aromatic carbocycles. The van der Waals surface area contributed by atoms with Crippen LogP contribution in [0.4, 0.5) is 19.0 Å². The summed E-state index contributed by atoms with van der Waals surface area (Å²) < 4.78 is 41.2. The number of aliphatic hydroxyl groups is 1. The Labute approximate surface area is 245 Å². The first kappa shape index (κ1) is 32.4. The van der Waals surface area contributed by atoms with E-state index in [2.05, 4.69) is 20.3 Å². The molecule has 0 saturated carbocycles. The summed E-state index contributed by atoms with van der Waals surface area (Å²) in [7, 11) is 0. The summed E-state index contributed by atoms with van der Waals surface area (Å²) in [6.07, 6.45) is 0.650. The number of rotatable bonds is 7. The lowest BCUT2D eigenvalue weighted by molar-refractivity contribution is -0.213. The molecule has 0 spiro atoms. The molecule has 2 aromatic heterocycles. The number of carbonyl (C=O) groups excluding carboxylic acids is 2. The van der Waals surface area contributed by atoms with Gasteiger partial charge >= 0.3 is 6.18 Å². The Hall–Kier alpha value is -4.10. The first-order valence-corrected chi connectivity index (χ1v) is 13.2. The van der Waals surface area contributed by atoms with Crippen molar-refractivity contribution in [1.29, 1.82) is 0 Å². The van der Waals surface area contributed by atoms with Crippen molar-refractivity contribution in [2.24, 2.45) is 4.99 Å². The highest BCUT2D eigenvalue weighted by atomic mass is 35.5. The van der Waals surface area contributed by atoms with Gasteiger partial charge in [0.15, 0.2) is 13.1 Å². The molecule has 1 atom stereocenters. The van der Waals surface area contributed by atoms with Crippen molar-refractivity contribution in [1.82, 2.24) is 19.4 Å². The number of nitrogens with zero attached hydrogens (tertiary/aromatic N) is 5. The molecule has 0 radical (unpaired) electrons. The minimum Gasteiger partial charge on any atom is -0.857 e. The van der Waals surface area contributed by atoms with Crippen LogP contribution >= 0.6 is 11.6 Å². The minimum atomic E-state index is -4.70. The van der Waals surface area contributed by atoms with Gasteiger partial charge in [0.25, 0.3) is 5.91 Å². The quantitative estimate of drug-likeness (QED) is 0.162. The Morgan fingerprint density at radius 1 is 1.24 bits per heavy atom. The smallest absolute Gasteiger partial charge is 0.418 e. The van der Waals surface area contributed by atoms with Crippen molar-refractivity contribution in [2.75, 3.05) is 38.1 Å². The topological polar surface area (TPSA) is 134 Å². The molecule has 224 valence electrons. The fourth-order valence-corrected chi connectivity index (χ4v) is 4.08. The SMILES string of the molecule is C/C(=C\C=C(/C)[C@@H](C)N=C([O-])c1cc(=[N+]2CCN(C(=O)CO)CC2)cccn1)C(=O)Nc1cc(C(F)(F)F)c(Cl)cn1. The third-order valence-electron chi connectivity index (χ3n) is 6.53. The number of piperazine rings is 1. The average molecular weight is 607 g/mol. The molecular weight excluding hydrogens is 577 g/mol. The fourth-order valence-electron chi connectivity index (χ4n) is 3.87. The Morgan fingerprint density at radius 2 is 1.93 bits per heavy atom. The Morgan fingerprint density at radius 3 is 2.57 bits per heavy atom. The van der Waals surface area contributed by atoms with Gasteiger partial charge in [-0.25, -0.2) is 9.56 Å². The van der Waals surface area contributed by atoms with Gasteiger partial charge < -0.3 is 20.4 Å². The predicted octanol–water partition coefficient (Wildman–Crippen LogP) is 1.78. The maximum absolute atomic E-state index is 13.1. The summed E-state index contributed by atoms with van der Waals surface area (Å²) >= 11 is 5.57. The summed E-state index contributed by atoms with van der Waals surface area (Å²) in [5.74, 6) is -1.85. The van der Waals surface area contributed by atoms with Crippen LogP contribution in [-0.4, -0.2) is 76.5 Å². The van der Waals surface area contributed by atoms with Crippen molar-refractivity contribution in [2.45, 2.75) is 33.0 Å². The van der Waals surface area contributed by atoms with Crippen LogP contribution in [0.15, 0.2) is 64.9 Å². The lowest BCUT2D eigenvalue weighted by atomic mass is 10.1. The van der Waals surface area contributed by atoms with Crippen LogP contribution < -0.4 is 20.4 Å². The van der Waals surface area contributed by atoms with Crippen molar-refractivity contribution >= 4 is 35.1 Å². The van der Waals surface area contributed by atoms with E-state index in [0.29, 0.717) is 37.8 Å². The molecular formula is C28H30ClF3N6O4. The van der Waals surface area contributed by atoms with E-state index in [1.165, 1.54) is 19.2 Å². The first-order chi connectivity index (χ1) is 19.8. The van der Waals surface area contributed by atoms with Gasteiger partial charge in [-0.1, -0.05) is 23.8 Å². The van der Waals surface area contributed by atoms with Gasteiger partial charge in [0, 0.05) is 36.0 Å². The van der Waals surface area contributed by atoms with Crippen molar-refractivity contribution in [3.63, 3.8) is 0 Å². The number of aliphatic imine (C=N–C) groups is 1. The Balaban J connectivity index is 1.73. The summed E-state index contributed by atoms with van der Waals surface area (Å²) in [5, 5.41) is 24.5. The second kappa shape index (κ2) is 14.2. The van der Waals surface area contributed by atoms with E-state index in [4.69, 9.17) is 16.7 Å². The van der Waals surface area contributed by atoms with Gasteiger partial charge in [-0.05, 0) is 38.5 Å². The molecule has 2 amide bonds. The number of alkyl halides is 3. The number of nitrogens with one attached hydrogen (secondary N) is 1. The normalized spacial score (nSPS) is 15.9. The molecule has 1 aliphatic rings. The summed E-state index contributed by atoms with van der Waals surface area (Å²) in [6.45, 7) is 6.28. The number of pyridine rings is 1. The van der Waals surface area contributed by atoms with Crippen LogP contribution in [0.25, 0.3) is 0 Å². The molecule has 3 rings (SSSR count). The number of amides is 2. The molecule has 42 heavy (non-hydrogen) atoms. The summed E-state index contributed by atoms with van der Waals surface area (Å²) in [6, 6.07) is 5.23. The van der Waals surface area contributed by atoms with Gasteiger partial charge in [0.05, 0.1) is 35.4 Å². The van der Waals surface area contributed by atoms with E-state index in [-0.39, 0.29) is 23.0 Å². The molecule has 3 heterocycles. The van der Waals surface area contributed by atoms with E-state index < -0.39 is 41.2 Å². The fraction of sp³-hybridized carbons (Fsp3) is 0.357. The number of anilines is 1. The van der Waals surface area contributed by atoms with Crippen LogP contribution in [-0.2, 0) is 15.8 Å². The molecule has 10 nitrogen and oxygen atoms in total. The zero-order valence-electron chi connectivity index (χ0n) is 23.2. The third-order valence-corrected chi connectivity index (χ3v) is 6.83. The summed E-state index contributed by atoms with van der Waals surface area (Å²) in [5.41, 5.74) is -0.161. The summed E-state index contributed by atoms with van der Waals surface area (Å²) in [4.78, 5) is 37.9. The molecule has 0 bridgehead atoms. The van der Waals surface area contributed by atoms with Crippen LogP contribution in [0.5, 0.6) is 0 Å². The van der Waals surface area contributed by atoms with Crippen LogP contribution in [0.2, 0.25) is 5.02 Å². The molecule has 2 aromatic rings. The standard InChI is InChI=1S/C28H30ClF3N6O4/c1-17(6-7-18(2)26(41)36-24-14-21(28(30,31)32)22(29)15-34-24)19(3)35-27(42)23-13-20(5-4-8-33-23)37-9-11-38(12-10-37)25(40)16-39/h4-8,13-15,19,39H,9-12,16H2,1-3H3,(H-,34,35,36,41,42)/b17-6+,18-7+/t19-/m1/s1. The monoisotopic (exact) mass is 606 g/mol. The zero-order chi connectivity index (χ0) is 31.0. The van der Waals surface area contributed by atoms with Crippen molar-refractivity contribution in [3.8, 4) is 0 Å². The number of aromatic nitrogens is 2. The average Bonchev–Trinajstić information content (AvgIpc) is 3.22. The second-order valence-corrected chi connectivity index (χ2v) is 9.90. The van der Waals surface area contributed by atoms with Gasteiger partial charge in [0.2, 0.25) is 11.3 Å². The molecule has 1 aliphatic heterocycles. The highest BCUT2D eigenvalue weighted by molar-refractivity contribution is 6.31. The Bertz CT molecular complexity index is 1500. The molecule has 1 fully saturated rings. The number of hydrogen-bond acceptors (Lipinski definition) is 7. The Kier molecular flexibility index (Phi) is 10.9. The van der Waals surface area contributed by atoms with Gasteiger partial charge in [-0.3, -0.25) is 19.6 Å². The highest BCUT2D eigenvalue weighted by Crippen LogP contribution is 2.35. The number of halogens is 4. The molecule has 0 unspecified atom stereocenters. The molecule has 2 N–H and O–H groups in total. The van der Waals surface area contributed by atoms with E-state index >= 15 is 0 Å². The molecule has 0 aliphatic carbocycles. The van der Waals surface area contributed by atoms with Crippen molar-refractivity contribution < 1.29 is 33.0 Å². The minimum absolute atomic E-state index is 0.128. The molecule has 14 heteroatoms. The lowest BCUT2D eigenvalue weighted by Crippen LogP contribution is -2.50. The van der Waals surface area contributed by atoms with Crippen LogP contribution in [0, 0.1) is 0 Å². The van der Waals surface area contributed by atoms with Gasteiger partial charge in [0.1, 0.15) is 12.4 Å². The largest absolute Gasteiger partial charge is 0.857 e. The van der Waals surface area contributed by atoms with E-state index in [0.717, 1.165) is 11.6 Å². The first-order valence-electron chi connectivity index (χ1n) is 12.9. The maximum Gasteiger partial charge on any atom is 0.418 e. The van der Waals surface area contributed by atoms with E-state index in [1.54, 1.807) is 37.0 Å². The third kappa shape index (κ3) is 8.70. The van der Waals surface area contributed by atoms with Crippen molar-refractivity contribution in [3.05, 3.63) is 81.6 Å². The number of allylic oxidation sites excluding steroid dienone is 2. The molecule has 1 saturated heterocycles. The highest BCUT2D eigenvalue weighted by Gasteiger charge is 2.34. The number of carbonyl (C=O) groups is 2. The maximum atomic E-state index is 13.1. The van der Waals surface area contributed by atoms with Crippen LogP contribution in [0.3, 0.4) is 0 Å². The predicted molar refractivity (Wildman–Crippen MR) is 149 cm³/mol. The van der Waals surface area contributed by atoms with E-state index in [1.807, 2.05) is 10.6 Å². The number of aliphatic hydroxyl groups excluding tert-OH is 1. The zero-order valence-corrected chi connectivity index (χ0v) is 23.9. The van der Waals surface area contributed by atoms with E-state index in [9.17, 15) is 27.9 Å².